The van der Waals surface area contributed by atoms with Gasteiger partial charge in [-0.15, -0.1) is 0 Å². The van der Waals surface area contributed by atoms with E-state index in [-0.39, 0.29) is 12.5 Å². The summed E-state index contributed by atoms with van der Waals surface area (Å²) in [5.74, 6) is 2.89. The highest BCUT2D eigenvalue weighted by atomic mass is 16.6. The number of fused-ring (bicyclic) bond motifs is 5. The summed E-state index contributed by atoms with van der Waals surface area (Å²) >= 11 is 0. The Morgan fingerprint density at radius 1 is 0.909 bits per heavy atom. The van der Waals surface area contributed by atoms with Gasteiger partial charge >= 0.3 is 0 Å². The van der Waals surface area contributed by atoms with Gasteiger partial charge in [0.05, 0.1) is 39.7 Å². The number of rotatable bonds is 8. The molecule has 2 aromatic carbocycles. The van der Waals surface area contributed by atoms with Gasteiger partial charge in [-0.2, -0.15) is 0 Å². The van der Waals surface area contributed by atoms with E-state index in [1.165, 1.54) is 0 Å². The van der Waals surface area contributed by atoms with Crippen molar-refractivity contribution in [3.8, 4) is 28.7 Å². The molecule has 176 valence electrons. The van der Waals surface area contributed by atoms with Crippen LogP contribution < -0.4 is 28.6 Å². The van der Waals surface area contributed by atoms with Crippen LogP contribution in [-0.4, -0.2) is 73.4 Å². The van der Waals surface area contributed by atoms with E-state index < -0.39 is 5.41 Å². The highest BCUT2D eigenvalue weighted by Crippen LogP contribution is 2.58. The molecule has 0 radical (unpaired) electrons. The molecule has 1 amide bonds. The molecule has 9 nitrogen and oxygen atoms in total. The van der Waals surface area contributed by atoms with Gasteiger partial charge in [-0.05, 0) is 6.07 Å². The van der Waals surface area contributed by atoms with Gasteiger partial charge in [-0.3, -0.25) is 4.79 Å². The van der Waals surface area contributed by atoms with Crippen LogP contribution >= 0.6 is 0 Å². The van der Waals surface area contributed by atoms with E-state index in [2.05, 4.69) is 0 Å². The number of hydrogen-bond acceptors (Lipinski definition) is 8. The summed E-state index contributed by atoms with van der Waals surface area (Å²) in [5, 5.41) is 0. The van der Waals surface area contributed by atoms with Crippen LogP contribution in [0.25, 0.3) is 0 Å². The van der Waals surface area contributed by atoms with E-state index in [0.717, 1.165) is 16.8 Å². The van der Waals surface area contributed by atoms with Crippen molar-refractivity contribution in [3.05, 3.63) is 35.4 Å². The van der Waals surface area contributed by atoms with Crippen LogP contribution in [0.3, 0.4) is 0 Å². The topological polar surface area (TPSA) is 84.9 Å². The Hall–Kier alpha value is -3.17. The van der Waals surface area contributed by atoms with Crippen molar-refractivity contribution < 1.29 is 38.0 Å². The largest absolute Gasteiger partial charge is 0.497 e. The molecule has 9 heteroatoms. The van der Waals surface area contributed by atoms with Crippen LogP contribution in [0.5, 0.6) is 28.7 Å². The van der Waals surface area contributed by atoms with Gasteiger partial charge < -0.3 is 38.1 Å². The SMILES string of the molecule is COCCOCCN1C(=O)C2(COc3cc4c(cc32)OCCO4)c2c(OC)cc(OC)cc21. The molecule has 0 fully saturated rings. The Kier molecular flexibility index (Phi) is 5.67. The molecule has 33 heavy (non-hydrogen) atoms. The van der Waals surface area contributed by atoms with Gasteiger partial charge in [0.1, 0.15) is 42.5 Å². The van der Waals surface area contributed by atoms with Gasteiger partial charge in [-0.1, -0.05) is 0 Å². The Balaban J connectivity index is 1.61. The first kappa shape index (κ1) is 21.7. The van der Waals surface area contributed by atoms with Crippen LogP contribution in [-0.2, 0) is 19.7 Å². The molecule has 3 heterocycles. The van der Waals surface area contributed by atoms with E-state index >= 15 is 0 Å². The van der Waals surface area contributed by atoms with Gasteiger partial charge in [0.2, 0.25) is 5.91 Å². The van der Waals surface area contributed by atoms with Gasteiger partial charge in [-0.25, -0.2) is 0 Å². The van der Waals surface area contributed by atoms with Crippen molar-refractivity contribution in [2.45, 2.75) is 5.41 Å². The van der Waals surface area contributed by atoms with Crippen LogP contribution in [0.2, 0.25) is 0 Å². The molecule has 1 atom stereocenters. The zero-order valence-electron chi connectivity index (χ0n) is 19.0. The molecule has 1 unspecified atom stereocenters. The summed E-state index contributed by atoms with van der Waals surface area (Å²) in [7, 11) is 4.80. The van der Waals surface area contributed by atoms with Gasteiger partial charge in [0.15, 0.2) is 11.5 Å². The summed E-state index contributed by atoms with van der Waals surface area (Å²) in [6.07, 6.45) is 0. The minimum absolute atomic E-state index is 0.102. The normalized spacial score (nSPS) is 20.0. The number of ether oxygens (including phenoxy) is 7. The molecule has 0 aliphatic carbocycles. The van der Waals surface area contributed by atoms with E-state index in [1.54, 1.807) is 38.4 Å². The molecule has 0 saturated carbocycles. The number of nitrogens with zero attached hydrogens (tertiary/aromatic N) is 1. The van der Waals surface area contributed by atoms with Crippen molar-refractivity contribution in [2.24, 2.45) is 0 Å². The number of methoxy groups -OCH3 is 3. The third-order valence-electron chi connectivity index (χ3n) is 6.28. The minimum Gasteiger partial charge on any atom is -0.497 e. The van der Waals surface area contributed by atoms with Crippen molar-refractivity contribution in [3.63, 3.8) is 0 Å². The number of carbonyl (C=O) groups is 1. The highest BCUT2D eigenvalue weighted by molar-refractivity contribution is 6.12. The molecule has 0 aromatic heterocycles. The lowest BCUT2D eigenvalue weighted by Crippen LogP contribution is -2.43. The highest BCUT2D eigenvalue weighted by Gasteiger charge is 2.59. The fourth-order valence-electron chi connectivity index (χ4n) is 4.74. The number of amides is 1. The zero-order chi connectivity index (χ0) is 23.0. The quantitative estimate of drug-likeness (QED) is 0.558. The molecule has 0 N–H and O–H groups in total. The van der Waals surface area contributed by atoms with Crippen molar-refractivity contribution >= 4 is 11.6 Å². The molecule has 2 aromatic rings. The molecule has 0 bridgehead atoms. The maximum absolute atomic E-state index is 14.1. The Morgan fingerprint density at radius 2 is 1.70 bits per heavy atom. The van der Waals surface area contributed by atoms with E-state index in [4.69, 9.17) is 33.2 Å². The van der Waals surface area contributed by atoms with Crippen molar-refractivity contribution in [1.82, 2.24) is 0 Å². The third-order valence-corrected chi connectivity index (χ3v) is 6.28. The Labute approximate surface area is 192 Å². The molecule has 5 rings (SSSR count). The summed E-state index contributed by atoms with van der Waals surface area (Å²) in [4.78, 5) is 15.8. The molecule has 3 aliphatic rings. The van der Waals surface area contributed by atoms with Gasteiger partial charge in [0.25, 0.3) is 0 Å². The molecular formula is C24H27NO8. The van der Waals surface area contributed by atoms with Gasteiger partial charge in [0, 0.05) is 43.0 Å². The second-order valence-corrected chi connectivity index (χ2v) is 7.97. The Morgan fingerprint density at radius 3 is 2.42 bits per heavy atom. The third kappa shape index (κ3) is 3.34. The van der Waals surface area contributed by atoms with E-state index in [9.17, 15) is 4.79 Å². The molecular weight excluding hydrogens is 430 g/mol. The van der Waals surface area contributed by atoms with Crippen LogP contribution in [0.4, 0.5) is 5.69 Å². The standard InChI is InChI=1S/C24H27NO8/c1-27-6-7-30-5-4-25-17-10-15(28-2)11-21(29-3)22(17)24(23(25)26)14-33-18-13-20-19(12-16(18)24)31-8-9-32-20/h10-13H,4-9,14H2,1-3H3. The van der Waals surface area contributed by atoms with E-state index in [0.29, 0.717) is 68.3 Å². The molecule has 3 aliphatic heterocycles. The first-order chi connectivity index (χ1) is 16.1. The lowest BCUT2D eigenvalue weighted by molar-refractivity contribution is -0.122. The smallest absolute Gasteiger partial charge is 0.246 e. The summed E-state index contributed by atoms with van der Waals surface area (Å²) in [6.45, 7) is 2.75. The average Bonchev–Trinajstić information content (AvgIpc) is 3.33. The summed E-state index contributed by atoms with van der Waals surface area (Å²) in [6, 6.07) is 7.32. The fraction of sp³-hybridized carbons (Fsp3) is 0.458. The average molecular weight is 457 g/mol. The van der Waals surface area contributed by atoms with Crippen molar-refractivity contribution in [2.75, 3.05) is 72.4 Å². The zero-order valence-corrected chi connectivity index (χ0v) is 19.0. The first-order valence-electron chi connectivity index (χ1n) is 10.9. The first-order valence-corrected chi connectivity index (χ1v) is 10.9. The van der Waals surface area contributed by atoms with Crippen LogP contribution in [0, 0.1) is 0 Å². The second-order valence-electron chi connectivity index (χ2n) is 7.97. The van der Waals surface area contributed by atoms with Crippen LogP contribution in [0.15, 0.2) is 24.3 Å². The predicted molar refractivity (Wildman–Crippen MR) is 118 cm³/mol. The number of anilines is 1. The minimum atomic E-state index is -1.06. The monoisotopic (exact) mass is 457 g/mol. The maximum Gasteiger partial charge on any atom is 0.246 e. The number of hydrogen-bond donors (Lipinski definition) is 0. The second kappa shape index (κ2) is 8.64. The molecule has 0 saturated heterocycles. The number of benzene rings is 2. The summed E-state index contributed by atoms with van der Waals surface area (Å²) in [5.41, 5.74) is 1.15. The predicted octanol–water partition coefficient (Wildman–Crippen LogP) is 2.16. The lowest BCUT2D eigenvalue weighted by Gasteiger charge is -2.25. The lowest BCUT2D eigenvalue weighted by atomic mass is 9.76. The van der Waals surface area contributed by atoms with Crippen LogP contribution in [0.1, 0.15) is 11.1 Å². The number of carbonyl (C=O) groups excluding carboxylic acids is 1. The fourth-order valence-corrected chi connectivity index (χ4v) is 4.74. The Bertz CT molecular complexity index is 1070. The van der Waals surface area contributed by atoms with Crippen molar-refractivity contribution in [1.29, 1.82) is 0 Å². The van der Waals surface area contributed by atoms with E-state index in [1.807, 2.05) is 12.1 Å². The maximum atomic E-state index is 14.1. The molecule has 1 spiro atoms. The summed E-state index contributed by atoms with van der Waals surface area (Å²) < 4.78 is 39.5.